The van der Waals surface area contributed by atoms with E-state index in [1.54, 1.807) is 4.90 Å². The minimum Gasteiger partial charge on any atom is -0.394 e. The number of aliphatic hydroxyl groups is 2. The number of nitrogens with one attached hydrogen (secondary N) is 1. The first-order chi connectivity index (χ1) is 9.20. The summed E-state index contributed by atoms with van der Waals surface area (Å²) in [5.74, 6) is -0.0392. The summed E-state index contributed by atoms with van der Waals surface area (Å²) >= 11 is 0. The zero-order valence-electron chi connectivity index (χ0n) is 10.6. The lowest BCUT2D eigenvalue weighted by Crippen LogP contribution is -2.41. The molecule has 6 heteroatoms. The van der Waals surface area contributed by atoms with Crippen LogP contribution in [0.5, 0.6) is 0 Å². The minimum absolute atomic E-state index is 0.0392. The number of nitrogens with zero attached hydrogens (tertiary/aromatic N) is 1. The normalized spacial score (nSPS) is 17.4. The number of rotatable bonds is 5. The summed E-state index contributed by atoms with van der Waals surface area (Å²) in [6, 6.07) is 7.36. The Labute approximate surface area is 111 Å². The summed E-state index contributed by atoms with van der Waals surface area (Å²) in [5, 5.41) is 20.9. The van der Waals surface area contributed by atoms with Gasteiger partial charge in [0.1, 0.15) is 6.61 Å². The molecule has 3 N–H and O–H groups in total. The van der Waals surface area contributed by atoms with Gasteiger partial charge in [-0.1, -0.05) is 0 Å². The molecule has 1 aliphatic heterocycles. The first kappa shape index (κ1) is 13.8. The Kier molecular flexibility index (Phi) is 4.73. The third-order valence-electron chi connectivity index (χ3n) is 2.92. The highest BCUT2D eigenvalue weighted by atomic mass is 16.5. The molecule has 1 atom stereocenters. The van der Waals surface area contributed by atoms with Crippen molar-refractivity contribution < 1.29 is 19.7 Å². The van der Waals surface area contributed by atoms with E-state index in [1.807, 2.05) is 24.3 Å². The summed E-state index contributed by atoms with van der Waals surface area (Å²) in [6.07, 6.45) is -0.777. The number of anilines is 2. The van der Waals surface area contributed by atoms with Gasteiger partial charge in [0, 0.05) is 24.5 Å². The van der Waals surface area contributed by atoms with Crippen LogP contribution in [0.3, 0.4) is 0 Å². The van der Waals surface area contributed by atoms with Gasteiger partial charge in [0.05, 0.1) is 19.3 Å². The van der Waals surface area contributed by atoms with E-state index >= 15 is 0 Å². The van der Waals surface area contributed by atoms with Crippen LogP contribution < -0.4 is 10.2 Å². The van der Waals surface area contributed by atoms with Crippen LogP contribution in [0.25, 0.3) is 0 Å². The van der Waals surface area contributed by atoms with E-state index in [0.717, 1.165) is 11.4 Å². The Hall–Kier alpha value is -1.63. The highest BCUT2D eigenvalue weighted by Gasteiger charge is 2.19. The Morgan fingerprint density at radius 2 is 2.11 bits per heavy atom. The van der Waals surface area contributed by atoms with Crippen LogP contribution in [0, 0.1) is 0 Å². The quantitative estimate of drug-likeness (QED) is 0.688. The van der Waals surface area contributed by atoms with Gasteiger partial charge in [-0.25, -0.2) is 0 Å². The van der Waals surface area contributed by atoms with Gasteiger partial charge in [0.2, 0.25) is 0 Å². The largest absolute Gasteiger partial charge is 0.394 e. The topological polar surface area (TPSA) is 82.0 Å². The second-order valence-corrected chi connectivity index (χ2v) is 4.36. The van der Waals surface area contributed by atoms with Crippen LogP contribution in [0.4, 0.5) is 11.4 Å². The summed E-state index contributed by atoms with van der Waals surface area (Å²) in [5.41, 5.74) is 1.67. The van der Waals surface area contributed by atoms with Gasteiger partial charge in [-0.3, -0.25) is 4.79 Å². The van der Waals surface area contributed by atoms with Crippen molar-refractivity contribution in [3.05, 3.63) is 24.3 Å². The Balaban J connectivity index is 1.95. The summed E-state index contributed by atoms with van der Waals surface area (Å²) in [6.45, 7) is 1.26. The standard InChI is InChI=1S/C13H18N2O4/c16-8-12(17)7-14-10-1-3-11(4-2-10)15-5-6-19-9-13(15)18/h1-4,12,14,16-17H,5-9H2. The zero-order valence-corrected chi connectivity index (χ0v) is 10.6. The Morgan fingerprint density at radius 1 is 1.37 bits per heavy atom. The molecule has 1 unspecified atom stereocenters. The molecule has 1 saturated heterocycles. The predicted molar refractivity (Wildman–Crippen MR) is 71.2 cm³/mol. The first-order valence-corrected chi connectivity index (χ1v) is 6.21. The molecule has 19 heavy (non-hydrogen) atoms. The van der Waals surface area contributed by atoms with E-state index in [1.165, 1.54) is 0 Å². The van der Waals surface area contributed by atoms with Crippen molar-refractivity contribution in [2.45, 2.75) is 6.10 Å². The van der Waals surface area contributed by atoms with Crippen LogP contribution >= 0.6 is 0 Å². The lowest BCUT2D eigenvalue weighted by atomic mass is 10.2. The van der Waals surface area contributed by atoms with E-state index in [-0.39, 0.29) is 25.7 Å². The van der Waals surface area contributed by atoms with E-state index in [4.69, 9.17) is 9.84 Å². The second kappa shape index (κ2) is 6.51. The average Bonchev–Trinajstić information content (AvgIpc) is 2.46. The number of aliphatic hydroxyl groups excluding tert-OH is 2. The highest BCUT2D eigenvalue weighted by Crippen LogP contribution is 2.19. The molecule has 0 aliphatic carbocycles. The van der Waals surface area contributed by atoms with E-state index in [2.05, 4.69) is 5.32 Å². The number of ether oxygens (including phenoxy) is 1. The van der Waals surface area contributed by atoms with Crippen LogP contribution in [0.15, 0.2) is 24.3 Å². The maximum atomic E-state index is 11.7. The van der Waals surface area contributed by atoms with Crippen LogP contribution in [-0.4, -0.2) is 55.1 Å². The molecule has 0 radical (unpaired) electrons. The number of morpholine rings is 1. The van der Waals surface area contributed by atoms with E-state index < -0.39 is 6.10 Å². The molecular formula is C13H18N2O4. The molecule has 0 spiro atoms. The van der Waals surface area contributed by atoms with Crippen molar-refractivity contribution >= 4 is 17.3 Å². The lowest BCUT2D eigenvalue weighted by molar-refractivity contribution is -0.125. The number of amides is 1. The zero-order chi connectivity index (χ0) is 13.7. The monoisotopic (exact) mass is 266 g/mol. The fourth-order valence-electron chi connectivity index (χ4n) is 1.85. The van der Waals surface area contributed by atoms with E-state index in [9.17, 15) is 9.90 Å². The molecular weight excluding hydrogens is 248 g/mol. The average molecular weight is 266 g/mol. The van der Waals surface area contributed by atoms with Gasteiger partial charge in [-0.05, 0) is 24.3 Å². The third-order valence-corrected chi connectivity index (χ3v) is 2.92. The van der Waals surface area contributed by atoms with Crippen molar-refractivity contribution in [3.8, 4) is 0 Å². The molecule has 1 aliphatic rings. The van der Waals surface area contributed by atoms with Gasteiger partial charge in [0.25, 0.3) is 5.91 Å². The van der Waals surface area contributed by atoms with Gasteiger partial charge < -0.3 is 25.2 Å². The molecule has 1 aromatic carbocycles. The van der Waals surface area contributed by atoms with Crippen molar-refractivity contribution in [1.82, 2.24) is 0 Å². The van der Waals surface area contributed by atoms with Gasteiger partial charge in [-0.15, -0.1) is 0 Å². The van der Waals surface area contributed by atoms with Crippen molar-refractivity contribution in [1.29, 1.82) is 0 Å². The molecule has 1 amide bonds. The predicted octanol–water partition coefficient (Wildman–Crippen LogP) is -0.185. The maximum absolute atomic E-state index is 11.7. The summed E-state index contributed by atoms with van der Waals surface area (Å²) in [4.78, 5) is 13.3. The lowest BCUT2D eigenvalue weighted by Gasteiger charge is -2.27. The number of benzene rings is 1. The van der Waals surface area contributed by atoms with Gasteiger partial charge in [-0.2, -0.15) is 0 Å². The number of hydrogen-bond acceptors (Lipinski definition) is 5. The third kappa shape index (κ3) is 3.66. The summed E-state index contributed by atoms with van der Waals surface area (Å²) in [7, 11) is 0. The van der Waals surface area contributed by atoms with Gasteiger partial charge in [0.15, 0.2) is 0 Å². The van der Waals surface area contributed by atoms with Crippen LogP contribution in [-0.2, 0) is 9.53 Å². The van der Waals surface area contributed by atoms with Crippen molar-refractivity contribution in [2.24, 2.45) is 0 Å². The Morgan fingerprint density at radius 3 is 2.74 bits per heavy atom. The highest BCUT2D eigenvalue weighted by molar-refractivity contribution is 5.94. The second-order valence-electron chi connectivity index (χ2n) is 4.36. The smallest absolute Gasteiger partial charge is 0.253 e. The fraction of sp³-hybridized carbons (Fsp3) is 0.462. The maximum Gasteiger partial charge on any atom is 0.253 e. The molecule has 2 rings (SSSR count). The minimum atomic E-state index is -0.777. The van der Waals surface area contributed by atoms with Crippen molar-refractivity contribution in [2.75, 3.05) is 43.1 Å². The number of carbonyl (C=O) groups is 1. The molecule has 0 bridgehead atoms. The molecule has 6 nitrogen and oxygen atoms in total. The van der Waals surface area contributed by atoms with Gasteiger partial charge >= 0.3 is 0 Å². The first-order valence-electron chi connectivity index (χ1n) is 6.21. The molecule has 0 saturated carbocycles. The summed E-state index contributed by atoms with van der Waals surface area (Å²) < 4.78 is 5.08. The SMILES string of the molecule is O=C1COCCN1c1ccc(NCC(O)CO)cc1. The fourth-order valence-corrected chi connectivity index (χ4v) is 1.85. The van der Waals surface area contributed by atoms with Crippen molar-refractivity contribution in [3.63, 3.8) is 0 Å². The Bertz CT molecular complexity index is 421. The van der Waals surface area contributed by atoms with E-state index in [0.29, 0.717) is 13.2 Å². The molecule has 1 heterocycles. The molecule has 1 fully saturated rings. The van der Waals surface area contributed by atoms with Crippen LogP contribution in [0.2, 0.25) is 0 Å². The molecule has 1 aromatic rings. The van der Waals surface area contributed by atoms with Crippen LogP contribution in [0.1, 0.15) is 0 Å². The number of hydrogen-bond donors (Lipinski definition) is 3. The molecule has 104 valence electrons. The molecule has 0 aromatic heterocycles. The number of carbonyl (C=O) groups excluding carboxylic acids is 1.